The third kappa shape index (κ3) is 4.26. The van der Waals surface area contributed by atoms with Crippen molar-refractivity contribution in [3.05, 3.63) is 65.5 Å². The summed E-state index contributed by atoms with van der Waals surface area (Å²) in [5.41, 5.74) is 1.60. The minimum Gasteiger partial charge on any atom is -1.00 e. The molecular formula is C16H15Cl2PTi. The summed E-state index contributed by atoms with van der Waals surface area (Å²) < 4.78 is 0. The molecule has 2 aliphatic rings. The van der Waals surface area contributed by atoms with Gasteiger partial charge in [-0.25, -0.2) is 0 Å². The van der Waals surface area contributed by atoms with Gasteiger partial charge in [0.2, 0.25) is 0 Å². The van der Waals surface area contributed by atoms with Crippen LogP contribution in [0.25, 0.3) is 10.8 Å². The second-order valence-corrected chi connectivity index (χ2v) is 6.63. The Balaban J connectivity index is 0.000000315. The van der Waals surface area contributed by atoms with Crippen molar-refractivity contribution in [2.75, 3.05) is 12.8 Å². The Morgan fingerprint density at radius 2 is 1.90 bits per heavy atom. The molecule has 1 aliphatic heterocycles. The maximum atomic E-state index is 3.36. The van der Waals surface area contributed by atoms with Gasteiger partial charge >= 0.3 is 21.7 Å². The van der Waals surface area contributed by atoms with E-state index in [1.165, 1.54) is 16.9 Å². The predicted molar refractivity (Wildman–Crippen MR) is 76.7 cm³/mol. The summed E-state index contributed by atoms with van der Waals surface area (Å²) in [6.07, 6.45) is 8.13. The molecule has 4 rings (SSSR count). The van der Waals surface area contributed by atoms with Gasteiger partial charge in [0.05, 0.1) is 0 Å². The zero-order valence-corrected chi connectivity index (χ0v) is 15.2. The first-order chi connectivity index (χ1) is 8.34. The molecule has 1 heterocycles. The predicted octanol–water partition coefficient (Wildman–Crippen LogP) is -1.31. The number of halogens is 2. The van der Waals surface area contributed by atoms with Crippen molar-refractivity contribution < 1.29 is 46.5 Å². The van der Waals surface area contributed by atoms with E-state index in [1.54, 1.807) is 10.9 Å². The smallest absolute Gasteiger partial charge is 1.00 e. The molecule has 1 aliphatic carbocycles. The normalized spacial score (nSPS) is 17.8. The minimum atomic E-state index is 0. The van der Waals surface area contributed by atoms with E-state index in [9.17, 15) is 0 Å². The Hall–Kier alpha value is 0.0343. The number of benzene rings is 1. The summed E-state index contributed by atoms with van der Waals surface area (Å²) in [5, 5.41) is 4.23. The minimum absolute atomic E-state index is 0. The molecule has 20 heavy (non-hydrogen) atoms. The molecular weight excluding hydrogens is 342 g/mol. The molecule has 0 aromatic heterocycles. The average molecular weight is 357 g/mol. The van der Waals surface area contributed by atoms with E-state index in [2.05, 4.69) is 61.3 Å². The van der Waals surface area contributed by atoms with E-state index in [4.69, 9.17) is 0 Å². The fourth-order valence-corrected chi connectivity index (χ4v) is 4.02. The second kappa shape index (κ2) is 9.13. The molecule has 1 saturated heterocycles. The number of hydrogen-bond acceptors (Lipinski definition) is 0. The van der Waals surface area contributed by atoms with Gasteiger partial charge in [-0.1, -0.05) is 12.2 Å². The van der Waals surface area contributed by atoms with Crippen LogP contribution in [-0.4, -0.2) is 12.8 Å². The molecule has 2 aromatic rings. The SMILES string of the molecule is CP1CC2=CC[C-]=C21.[Cl-].[Cl-].[Ti+4].c1ccc2[cH-]ccc2c1. The zero-order valence-electron chi connectivity index (χ0n) is 11.2. The molecule has 0 nitrogen and oxygen atoms in total. The molecule has 1 unspecified atom stereocenters. The van der Waals surface area contributed by atoms with Crippen molar-refractivity contribution >= 4 is 18.7 Å². The number of fused-ring (bicyclic) bond motifs is 2. The first-order valence-corrected chi connectivity index (χ1v) is 7.94. The number of allylic oxidation sites excluding steroid dienone is 4. The van der Waals surface area contributed by atoms with Crippen molar-refractivity contribution in [1.29, 1.82) is 0 Å². The molecule has 0 amide bonds. The standard InChI is InChI=1S/C9H7.C7H8P.2ClH.Ti/c1-2-5-9-7-3-6-8(9)4-1;1-8-5-6-3-2-4-7(6)8;;;/h1-7H;3H,2,5H2,1H3;2*1H;/q2*-1;;;+4/p-2. The van der Waals surface area contributed by atoms with Crippen LogP contribution < -0.4 is 24.8 Å². The van der Waals surface area contributed by atoms with E-state index in [1.807, 2.05) is 0 Å². The molecule has 1 atom stereocenters. The van der Waals surface area contributed by atoms with Gasteiger partial charge in [-0.15, -0.1) is 44.0 Å². The van der Waals surface area contributed by atoms with E-state index in [-0.39, 0.29) is 54.5 Å². The van der Waals surface area contributed by atoms with Crippen LogP contribution in [0, 0.1) is 6.08 Å². The molecule has 0 saturated carbocycles. The fourth-order valence-electron chi connectivity index (χ4n) is 2.31. The maximum absolute atomic E-state index is 3.36. The van der Waals surface area contributed by atoms with Gasteiger partial charge in [-0.2, -0.15) is 34.5 Å². The quantitative estimate of drug-likeness (QED) is 0.312. The third-order valence-corrected chi connectivity index (χ3v) is 5.28. The van der Waals surface area contributed by atoms with Crippen LogP contribution in [0.15, 0.2) is 59.4 Å². The van der Waals surface area contributed by atoms with Crippen molar-refractivity contribution in [2.24, 2.45) is 0 Å². The molecule has 1 fully saturated rings. The summed E-state index contributed by atoms with van der Waals surface area (Å²) in [6, 6.07) is 14.7. The molecule has 4 heteroatoms. The van der Waals surface area contributed by atoms with Crippen molar-refractivity contribution in [3.8, 4) is 0 Å². The summed E-state index contributed by atoms with van der Waals surface area (Å²) in [7, 11) is 0.279. The summed E-state index contributed by atoms with van der Waals surface area (Å²) in [4.78, 5) is 0. The third-order valence-electron chi connectivity index (χ3n) is 3.26. The van der Waals surface area contributed by atoms with Crippen molar-refractivity contribution in [2.45, 2.75) is 6.42 Å². The Morgan fingerprint density at radius 1 is 1.15 bits per heavy atom. The van der Waals surface area contributed by atoms with Gasteiger partial charge in [-0.3, -0.25) is 6.08 Å². The molecule has 0 spiro atoms. The Morgan fingerprint density at radius 3 is 2.50 bits per heavy atom. The van der Waals surface area contributed by atoms with E-state index in [0.29, 0.717) is 0 Å². The largest absolute Gasteiger partial charge is 4.00 e. The van der Waals surface area contributed by atoms with Gasteiger partial charge in [0.15, 0.2) is 0 Å². The van der Waals surface area contributed by atoms with Gasteiger partial charge in [0.25, 0.3) is 0 Å². The van der Waals surface area contributed by atoms with Gasteiger partial charge < -0.3 is 24.8 Å². The number of rotatable bonds is 0. The van der Waals surface area contributed by atoms with Gasteiger partial charge in [-0.05, 0) is 6.66 Å². The van der Waals surface area contributed by atoms with Crippen LogP contribution in [0.4, 0.5) is 0 Å². The summed E-state index contributed by atoms with van der Waals surface area (Å²) >= 11 is 0. The van der Waals surface area contributed by atoms with E-state index >= 15 is 0 Å². The van der Waals surface area contributed by atoms with Crippen LogP contribution in [0.2, 0.25) is 0 Å². The van der Waals surface area contributed by atoms with Crippen LogP contribution in [0.5, 0.6) is 0 Å². The summed E-state index contributed by atoms with van der Waals surface area (Å²) in [5.74, 6) is 0. The van der Waals surface area contributed by atoms with Crippen LogP contribution >= 0.6 is 7.92 Å². The molecule has 0 radical (unpaired) electrons. The van der Waals surface area contributed by atoms with E-state index < -0.39 is 0 Å². The Kier molecular flexibility index (Phi) is 9.15. The first-order valence-electron chi connectivity index (χ1n) is 5.96. The van der Waals surface area contributed by atoms with Crippen LogP contribution in [0.3, 0.4) is 0 Å². The zero-order chi connectivity index (χ0) is 11.7. The average Bonchev–Trinajstić information content (AvgIpc) is 2.94. The monoisotopic (exact) mass is 356 g/mol. The van der Waals surface area contributed by atoms with E-state index in [0.717, 1.165) is 6.42 Å². The Labute approximate surface area is 149 Å². The van der Waals surface area contributed by atoms with Gasteiger partial charge in [0, 0.05) is 0 Å². The maximum Gasteiger partial charge on any atom is 4.00 e. The van der Waals surface area contributed by atoms with Crippen molar-refractivity contribution in [1.82, 2.24) is 0 Å². The number of hydrogen-bond donors (Lipinski definition) is 0. The summed E-state index contributed by atoms with van der Waals surface area (Å²) in [6.45, 7) is 2.33. The molecule has 102 valence electrons. The second-order valence-electron chi connectivity index (χ2n) is 4.47. The van der Waals surface area contributed by atoms with Crippen molar-refractivity contribution in [3.63, 3.8) is 0 Å². The Bertz CT molecular complexity index is 571. The molecule has 2 aromatic carbocycles. The van der Waals surface area contributed by atoms with Crippen LogP contribution in [0.1, 0.15) is 6.42 Å². The molecule has 0 N–H and O–H groups in total. The fraction of sp³-hybridized carbons (Fsp3) is 0.188. The van der Waals surface area contributed by atoms with Gasteiger partial charge in [0.1, 0.15) is 0 Å². The topological polar surface area (TPSA) is 0 Å². The molecule has 0 bridgehead atoms. The first kappa shape index (κ1) is 20.0. The van der Waals surface area contributed by atoms with Crippen LogP contribution in [-0.2, 0) is 21.7 Å².